The summed E-state index contributed by atoms with van der Waals surface area (Å²) in [5.41, 5.74) is 0.921. The lowest BCUT2D eigenvalue weighted by molar-refractivity contribution is -0.138. The molecule has 1 aromatic rings. The number of hydrogen-bond acceptors (Lipinski definition) is 6. The van der Waals surface area contributed by atoms with Gasteiger partial charge in [0.1, 0.15) is 11.5 Å². The van der Waals surface area contributed by atoms with Gasteiger partial charge in [0.2, 0.25) is 11.8 Å². The van der Waals surface area contributed by atoms with Crippen LogP contribution in [0.4, 0.5) is 0 Å². The Kier molecular flexibility index (Phi) is 7.23. The van der Waals surface area contributed by atoms with Crippen molar-refractivity contribution in [3.05, 3.63) is 23.8 Å². The number of amides is 2. The van der Waals surface area contributed by atoms with Crippen molar-refractivity contribution in [2.45, 2.75) is 19.0 Å². The molecule has 0 aliphatic carbocycles. The number of piperazine rings is 1. The van der Waals surface area contributed by atoms with Crippen molar-refractivity contribution in [2.24, 2.45) is 0 Å². The van der Waals surface area contributed by atoms with Crippen LogP contribution >= 0.6 is 0 Å². The van der Waals surface area contributed by atoms with Gasteiger partial charge >= 0.3 is 0 Å². The van der Waals surface area contributed by atoms with Gasteiger partial charge in [0, 0.05) is 44.9 Å². The molecule has 0 unspecified atom stereocenters. The Balaban J connectivity index is 2.15. The molecule has 26 heavy (non-hydrogen) atoms. The zero-order valence-electron chi connectivity index (χ0n) is 15.5. The predicted molar refractivity (Wildman–Crippen MR) is 96.1 cm³/mol. The van der Waals surface area contributed by atoms with Gasteiger partial charge in [-0.15, -0.1) is 0 Å². The molecule has 0 aromatic heterocycles. The molecule has 1 fully saturated rings. The fourth-order valence-electron chi connectivity index (χ4n) is 2.97. The highest BCUT2D eigenvalue weighted by Gasteiger charge is 2.32. The molecule has 8 nitrogen and oxygen atoms in total. The zero-order chi connectivity index (χ0) is 19.1. The standard InChI is InChI=1S/C18H27N3O5/c1-20(8-9-22)17(23)11-15-18(24)19-6-7-21(15)12-13-4-5-14(25-2)10-16(13)26-3/h4-5,10,15,22H,6-9,11-12H2,1-3H3,(H,19,24)/t15-/m1/s1. The molecule has 2 rings (SSSR count). The van der Waals surface area contributed by atoms with E-state index in [2.05, 4.69) is 5.32 Å². The van der Waals surface area contributed by atoms with Crippen molar-refractivity contribution in [1.29, 1.82) is 0 Å². The molecule has 2 amide bonds. The minimum Gasteiger partial charge on any atom is -0.497 e. The van der Waals surface area contributed by atoms with Crippen LogP contribution in [0.3, 0.4) is 0 Å². The van der Waals surface area contributed by atoms with Crippen molar-refractivity contribution < 1.29 is 24.2 Å². The predicted octanol–water partition coefficient (Wildman–Crippen LogP) is -0.155. The molecule has 1 aliphatic heterocycles. The number of likely N-dealkylation sites (N-methyl/N-ethyl adjacent to an activating group) is 1. The number of hydrogen-bond donors (Lipinski definition) is 2. The molecule has 144 valence electrons. The third kappa shape index (κ3) is 4.86. The van der Waals surface area contributed by atoms with Gasteiger partial charge in [-0.2, -0.15) is 0 Å². The van der Waals surface area contributed by atoms with Gasteiger partial charge in [-0.05, 0) is 6.07 Å². The molecule has 1 aromatic carbocycles. The van der Waals surface area contributed by atoms with E-state index in [1.54, 1.807) is 27.3 Å². The Hall–Kier alpha value is -2.32. The second kappa shape index (κ2) is 9.40. The summed E-state index contributed by atoms with van der Waals surface area (Å²) in [7, 11) is 4.80. The first kappa shape index (κ1) is 20.0. The van der Waals surface area contributed by atoms with Crippen LogP contribution in [0.1, 0.15) is 12.0 Å². The third-order valence-corrected chi connectivity index (χ3v) is 4.54. The zero-order valence-corrected chi connectivity index (χ0v) is 15.5. The highest BCUT2D eigenvalue weighted by molar-refractivity contribution is 5.88. The Bertz CT molecular complexity index is 637. The summed E-state index contributed by atoms with van der Waals surface area (Å²) in [6.45, 7) is 1.81. The largest absolute Gasteiger partial charge is 0.497 e. The summed E-state index contributed by atoms with van der Waals surface area (Å²) in [4.78, 5) is 28.1. The highest BCUT2D eigenvalue weighted by Crippen LogP contribution is 2.27. The van der Waals surface area contributed by atoms with Crippen LogP contribution in [0.15, 0.2) is 18.2 Å². The van der Waals surface area contributed by atoms with Crippen LogP contribution in [0.2, 0.25) is 0 Å². The maximum atomic E-state index is 12.3. The van der Waals surface area contributed by atoms with E-state index < -0.39 is 6.04 Å². The number of aliphatic hydroxyl groups excluding tert-OH is 1. The maximum Gasteiger partial charge on any atom is 0.237 e. The first-order chi connectivity index (χ1) is 12.5. The fourth-order valence-corrected chi connectivity index (χ4v) is 2.97. The Morgan fingerprint density at radius 1 is 1.38 bits per heavy atom. The van der Waals surface area contributed by atoms with Crippen molar-refractivity contribution in [1.82, 2.24) is 15.1 Å². The van der Waals surface area contributed by atoms with Crippen LogP contribution in [0, 0.1) is 0 Å². The van der Waals surface area contributed by atoms with Crippen LogP contribution in [0.5, 0.6) is 11.5 Å². The van der Waals surface area contributed by atoms with E-state index in [9.17, 15) is 9.59 Å². The summed E-state index contributed by atoms with van der Waals surface area (Å²) in [5.74, 6) is 1.04. The number of benzene rings is 1. The molecule has 0 spiro atoms. The lowest BCUT2D eigenvalue weighted by Crippen LogP contribution is -2.56. The van der Waals surface area contributed by atoms with E-state index in [0.29, 0.717) is 31.1 Å². The van der Waals surface area contributed by atoms with Crippen molar-refractivity contribution in [2.75, 3.05) is 47.5 Å². The summed E-state index contributed by atoms with van der Waals surface area (Å²) in [6.07, 6.45) is 0.0702. The number of carbonyl (C=O) groups is 2. The van der Waals surface area contributed by atoms with Gasteiger partial charge in [-0.1, -0.05) is 6.07 Å². The number of carbonyl (C=O) groups excluding carboxylic acids is 2. The van der Waals surface area contributed by atoms with Crippen LogP contribution in [0.25, 0.3) is 0 Å². The summed E-state index contributed by atoms with van der Waals surface area (Å²) < 4.78 is 10.6. The topological polar surface area (TPSA) is 91.3 Å². The SMILES string of the molecule is COc1ccc(CN2CCNC(=O)[C@H]2CC(=O)N(C)CCO)c(OC)c1. The average Bonchev–Trinajstić information content (AvgIpc) is 2.64. The average molecular weight is 365 g/mol. The second-order valence-electron chi connectivity index (χ2n) is 6.20. The third-order valence-electron chi connectivity index (χ3n) is 4.54. The number of rotatable bonds is 8. The maximum absolute atomic E-state index is 12.3. The summed E-state index contributed by atoms with van der Waals surface area (Å²) >= 11 is 0. The monoisotopic (exact) mass is 365 g/mol. The lowest BCUT2D eigenvalue weighted by Gasteiger charge is -2.35. The van der Waals surface area contributed by atoms with Crippen LogP contribution in [-0.2, 0) is 16.1 Å². The Morgan fingerprint density at radius 2 is 2.15 bits per heavy atom. The molecule has 0 saturated carbocycles. The summed E-state index contributed by atoms with van der Waals surface area (Å²) in [6, 6.07) is 5.00. The van der Waals surface area contributed by atoms with Gasteiger partial charge in [0.05, 0.1) is 33.3 Å². The van der Waals surface area contributed by atoms with E-state index in [-0.39, 0.29) is 31.4 Å². The van der Waals surface area contributed by atoms with Crippen LogP contribution in [-0.4, -0.2) is 80.3 Å². The van der Waals surface area contributed by atoms with Gasteiger partial charge in [0.25, 0.3) is 0 Å². The second-order valence-corrected chi connectivity index (χ2v) is 6.20. The lowest BCUT2D eigenvalue weighted by atomic mass is 10.1. The van der Waals surface area contributed by atoms with E-state index in [0.717, 1.165) is 5.56 Å². The summed E-state index contributed by atoms with van der Waals surface area (Å²) in [5, 5.41) is 11.8. The molecular formula is C18H27N3O5. The smallest absolute Gasteiger partial charge is 0.237 e. The number of aliphatic hydroxyl groups is 1. The van der Waals surface area contributed by atoms with E-state index in [4.69, 9.17) is 14.6 Å². The number of ether oxygens (including phenoxy) is 2. The van der Waals surface area contributed by atoms with E-state index in [1.165, 1.54) is 4.90 Å². The molecular weight excluding hydrogens is 338 g/mol. The van der Waals surface area contributed by atoms with Crippen molar-refractivity contribution >= 4 is 11.8 Å². The van der Waals surface area contributed by atoms with Crippen molar-refractivity contribution in [3.63, 3.8) is 0 Å². The minimum atomic E-state index is -0.552. The highest BCUT2D eigenvalue weighted by atomic mass is 16.5. The van der Waals surface area contributed by atoms with Gasteiger partial charge in [0.15, 0.2) is 0 Å². The Morgan fingerprint density at radius 3 is 2.81 bits per heavy atom. The fraction of sp³-hybridized carbons (Fsp3) is 0.556. The Labute approximate surface area is 153 Å². The molecule has 1 aliphatic rings. The molecule has 1 saturated heterocycles. The first-order valence-electron chi connectivity index (χ1n) is 8.57. The first-order valence-corrected chi connectivity index (χ1v) is 8.57. The van der Waals surface area contributed by atoms with Gasteiger partial charge < -0.3 is 24.8 Å². The molecule has 0 bridgehead atoms. The molecule has 2 N–H and O–H groups in total. The quantitative estimate of drug-likeness (QED) is 0.666. The van der Waals surface area contributed by atoms with Crippen LogP contribution < -0.4 is 14.8 Å². The van der Waals surface area contributed by atoms with Gasteiger partial charge in [-0.25, -0.2) is 0 Å². The molecule has 8 heteroatoms. The minimum absolute atomic E-state index is 0.0702. The number of methoxy groups -OCH3 is 2. The molecule has 1 heterocycles. The van der Waals surface area contributed by atoms with Gasteiger partial charge in [-0.3, -0.25) is 14.5 Å². The molecule has 1 atom stereocenters. The number of nitrogens with zero attached hydrogens (tertiary/aromatic N) is 2. The van der Waals surface area contributed by atoms with E-state index in [1.807, 2.05) is 17.0 Å². The normalized spacial score (nSPS) is 17.5. The van der Waals surface area contributed by atoms with Crippen molar-refractivity contribution in [3.8, 4) is 11.5 Å². The molecule has 0 radical (unpaired) electrons. The van der Waals surface area contributed by atoms with E-state index >= 15 is 0 Å². The number of nitrogens with one attached hydrogen (secondary N) is 1.